The maximum absolute atomic E-state index is 5.27. The van der Waals surface area contributed by atoms with Crippen LogP contribution in [0.5, 0.6) is 0 Å². The number of hydrogen-bond acceptors (Lipinski definition) is 3. The van der Waals surface area contributed by atoms with Gasteiger partial charge in [0.05, 0.1) is 28.6 Å². The molecule has 3 heterocycles. The summed E-state index contributed by atoms with van der Waals surface area (Å²) in [6.07, 6.45) is 28.8. The summed E-state index contributed by atoms with van der Waals surface area (Å²) in [6.45, 7) is 12.7. The third-order valence-corrected chi connectivity index (χ3v) is 11.7. The van der Waals surface area contributed by atoms with Crippen molar-refractivity contribution in [2.24, 2.45) is 0 Å². The fourth-order valence-corrected chi connectivity index (χ4v) is 8.79. The quantitative estimate of drug-likeness (QED) is 0.131. The molecule has 278 valence electrons. The van der Waals surface area contributed by atoms with Gasteiger partial charge in [-0.25, -0.2) is 9.97 Å². The van der Waals surface area contributed by atoms with E-state index in [0.717, 1.165) is 63.9 Å². The normalized spacial score (nSPS) is 18.6. The molecule has 0 saturated heterocycles. The molecule has 3 aliphatic rings. The number of anilines is 2. The molecule has 0 saturated carbocycles. The van der Waals surface area contributed by atoms with Gasteiger partial charge in [0.25, 0.3) is 0 Å². The highest BCUT2D eigenvalue weighted by molar-refractivity contribution is 5.94. The minimum atomic E-state index is -0.00812. The predicted octanol–water partition coefficient (Wildman–Crippen LogP) is 13.3. The van der Waals surface area contributed by atoms with E-state index in [2.05, 4.69) is 176 Å². The molecule has 0 spiro atoms. The van der Waals surface area contributed by atoms with Crippen molar-refractivity contribution < 1.29 is 0 Å². The molecule has 4 heteroatoms. The maximum atomic E-state index is 5.27. The van der Waals surface area contributed by atoms with Crippen LogP contribution in [0.3, 0.4) is 0 Å². The summed E-state index contributed by atoms with van der Waals surface area (Å²) in [5.74, 6) is 0.616. The maximum Gasteiger partial charge on any atom is 0.235 e. The second-order valence-electron chi connectivity index (χ2n) is 15.3. The topological polar surface area (TPSA) is 34.0 Å². The standard InChI is InChI=1S/C53H46N4/c1-5-7-28-47-37(3)42(6-2)48(57(47)52-54-46-27-14-12-26-44(46)51(55-52)39-21-10-8-11-22-39)30-18-20-38-31-32-50-45(35-38)43-25-13-15-29-49(43)56(50)41-24-19-23-40(36-41)53(4)33-16-9-17-34-53/h5-19,21-31,33,35-36,50H,1-2,20,32,34H2,3-4H3/b28-7-,30-18-. The number of hydrogen-bond donors (Lipinski definition) is 0. The van der Waals surface area contributed by atoms with Gasteiger partial charge < -0.3 is 4.90 Å². The van der Waals surface area contributed by atoms with Crippen LogP contribution in [0.2, 0.25) is 0 Å². The molecule has 0 amide bonds. The smallest absolute Gasteiger partial charge is 0.235 e. The fraction of sp³-hybridized carbons (Fsp3) is 0.132. The Morgan fingerprint density at radius 2 is 1.68 bits per heavy atom. The van der Waals surface area contributed by atoms with Gasteiger partial charge in [0.1, 0.15) is 0 Å². The molecule has 1 aliphatic heterocycles. The molecular weight excluding hydrogens is 693 g/mol. The van der Waals surface area contributed by atoms with E-state index in [1.54, 1.807) is 6.08 Å². The Morgan fingerprint density at radius 3 is 2.51 bits per heavy atom. The first-order valence-electron chi connectivity index (χ1n) is 19.9. The van der Waals surface area contributed by atoms with Crippen LogP contribution >= 0.6 is 0 Å². The van der Waals surface area contributed by atoms with E-state index >= 15 is 0 Å². The molecule has 2 aliphatic carbocycles. The van der Waals surface area contributed by atoms with Crippen LogP contribution in [-0.2, 0) is 5.41 Å². The Hall–Kier alpha value is -6.78. The van der Waals surface area contributed by atoms with Gasteiger partial charge in [-0.1, -0.05) is 160 Å². The molecule has 2 atom stereocenters. The van der Waals surface area contributed by atoms with Crippen molar-refractivity contribution in [1.29, 1.82) is 0 Å². The molecule has 2 aromatic heterocycles. The highest BCUT2D eigenvalue weighted by Gasteiger charge is 2.36. The molecule has 4 nitrogen and oxygen atoms in total. The van der Waals surface area contributed by atoms with Gasteiger partial charge in [-0.15, -0.1) is 0 Å². The summed E-state index contributed by atoms with van der Waals surface area (Å²) in [4.78, 5) is 13.0. The van der Waals surface area contributed by atoms with Gasteiger partial charge in [-0.05, 0) is 84.9 Å². The lowest BCUT2D eigenvalue weighted by atomic mass is 9.77. The highest BCUT2D eigenvalue weighted by Crippen LogP contribution is 2.49. The van der Waals surface area contributed by atoms with E-state index in [1.807, 2.05) is 30.4 Å². The van der Waals surface area contributed by atoms with Gasteiger partial charge >= 0.3 is 0 Å². The van der Waals surface area contributed by atoms with E-state index in [0.29, 0.717) is 5.95 Å². The summed E-state index contributed by atoms with van der Waals surface area (Å²) in [7, 11) is 0. The number of fused-ring (bicyclic) bond motifs is 4. The van der Waals surface area contributed by atoms with E-state index in [-0.39, 0.29) is 11.5 Å². The van der Waals surface area contributed by atoms with Crippen LogP contribution in [0, 0.1) is 6.92 Å². The molecular formula is C53H46N4. The van der Waals surface area contributed by atoms with Crippen LogP contribution in [0.4, 0.5) is 11.4 Å². The van der Waals surface area contributed by atoms with E-state index < -0.39 is 0 Å². The largest absolute Gasteiger partial charge is 0.333 e. The molecule has 0 bridgehead atoms. The third-order valence-electron chi connectivity index (χ3n) is 11.7. The number of nitrogens with zero attached hydrogens (tertiary/aromatic N) is 4. The van der Waals surface area contributed by atoms with E-state index in [4.69, 9.17) is 9.97 Å². The SMILES string of the molecule is C=C/C=C\c1c(C)c(C=C)c(/C=C\CC2=CCC3C(=C2)c2ccccc2N3c2cccc(C3(C)C=CC=CC3)c2)n1-c1nc(-c2ccccc2)c2ccccc2n1. The minimum Gasteiger partial charge on any atom is -0.333 e. The number of benzene rings is 4. The summed E-state index contributed by atoms with van der Waals surface area (Å²) in [5, 5.41) is 1.02. The second-order valence-corrected chi connectivity index (χ2v) is 15.3. The Kier molecular flexibility index (Phi) is 9.47. The Bertz CT molecular complexity index is 2730. The zero-order valence-corrected chi connectivity index (χ0v) is 32.6. The van der Waals surface area contributed by atoms with Crippen molar-refractivity contribution in [2.75, 3.05) is 4.90 Å². The molecule has 2 unspecified atom stereocenters. The van der Waals surface area contributed by atoms with Crippen LogP contribution in [-0.4, -0.2) is 20.6 Å². The predicted molar refractivity (Wildman–Crippen MR) is 242 cm³/mol. The molecule has 4 aromatic carbocycles. The van der Waals surface area contributed by atoms with Crippen molar-refractivity contribution in [3.05, 3.63) is 210 Å². The van der Waals surface area contributed by atoms with Crippen molar-refractivity contribution in [1.82, 2.24) is 14.5 Å². The van der Waals surface area contributed by atoms with Crippen molar-refractivity contribution in [3.63, 3.8) is 0 Å². The van der Waals surface area contributed by atoms with Crippen molar-refractivity contribution >= 4 is 46.1 Å². The van der Waals surface area contributed by atoms with E-state index in [1.165, 1.54) is 33.6 Å². The summed E-state index contributed by atoms with van der Waals surface area (Å²) >= 11 is 0. The van der Waals surface area contributed by atoms with Crippen LogP contribution < -0.4 is 4.90 Å². The first kappa shape index (κ1) is 35.9. The highest BCUT2D eigenvalue weighted by atomic mass is 15.2. The van der Waals surface area contributed by atoms with Gasteiger partial charge in [-0.3, -0.25) is 4.57 Å². The first-order chi connectivity index (χ1) is 28.0. The van der Waals surface area contributed by atoms with Crippen LogP contribution in [0.15, 0.2) is 177 Å². The summed E-state index contributed by atoms with van der Waals surface area (Å²) in [6, 6.07) is 36.9. The molecule has 6 aromatic rings. The molecule has 9 rings (SSSR count). The van der Waals surface area contributed by atoms with Gasteiger partial charge in [0.2, 0.25) is 5.95 Å². The first-order valence-corrected chi connectivity index (χ1v) is 19.9. The number of aromatic nitrogens is 3. The number of allylic oxidation sites excluding steroid dienone is 9. The van der Waals surface area contributed by atoms with Gasteiger partial charge in [0, 0.05) is 38.9 Å². The van der Waals surface area contributed by atoms with Gasteiger partial charge in [0.15, 0.2) is 0 Å². The summed E-state index contributed by atoms with van der Waals surface area (Å²) in [5.41, 5.74) is 14.9. The lowest BCUT2D eigenvalue weighted by Crippen LogP contribution is -2.28. The van der Waals surface area contributed by atoms with Crippen molar-refractivity contribution in [2.45, 2.75) is 44.6 Å². The molecule has 0 radical (unpaired) electrons. The average Bonchev–Trinajstić information content (AvgIpc) is 3.73. The Labute approximate surface area is 336 Å². The Morgan fingerprint density at radius 1 is 0.860 bits per heavy atom. The zero-order valence-electron chi connectivity index (χ0n) is 32.6. The zero-order chi connectivity index (χ0) is 38.9. The number of rotatable bonds is 10. The molecule has 0 N–H and O–H groups in total. The third kappa shape index (κ3) is 6.47. The average molecular weight is 739 g/mol. The lowest BCUT2D eigenvalue weighted by Gasteiger charge is -2.32. The van der Waals surface area contributed by atoms with Gasteiger partial charge in [-0.2, -0.15) is 0 Å². The van der Waals surface area contributed by atoms with E-state index in [9.17, 15) is 0 Å². The van der Waals surface area contributed by atoms with Crippen LogP contribution in [0.1, 0.15) is 59.8 Å². The van der Waals surface area contributed by atoms with Crippen molar-refractivity contribution in [3.8, 4) is 17.2 Å². The minimum absolute atomic E-state index is 0.00812. The lowest BCUT2D eigenvalue weighted by molar-refractivity contribution is 0.599. The number of para-hydroxylation sites is 2. The summed E-state index contributed by atoms with van der Waals surface area (Å²) < 4.78 is 2.17. The monoisotopic (exact) mass is 738 g/mol. The molecule has 0 fully saturated rings. The Balaban J connectivity index is 1.07. The second kappa shape index (κ2) is 15.0. The van der Waals surface area contributed by atoms with Crippen LogP contribution in [0.25, 0.3) is 51.9 Å². The molecule has 57 heavy (non-hydrogen) atoms. The fourth-order valence-electron chi connectivity index (χ4n) is 8.79.